The summed E-state index contributed by atoms with van der Waals surface area (Å²) in [5, 5.41) is 3.89. The normalized spacial score (nSPS) is 22.5. The molecule has 1 aliphatic carbocycles. The first-order valence-corrected chi connectivity index (χ1v) is 5.21. The minimum absolute atomic E-state index is 0.0974. The van der Waals surface area contributed by atoms with Crippen molar-refractivity contribution in [3.05, 3.63) is 11.7 Å². The Morgan fingerprint density at radius 3 is 2.57 bits per heavy atom. The third-order valence-electron chi connectivity index (χ3n) is 3.07. The average molecular weight is 195 g/mol. The highest BCUT2D eigenvalue weighted by Gasteiger charge is 2.36. The topological polar surface area (TPSA) is 64.9 Å². The van der Waals surface area contributed by atoms with Gasteiger partial charge in [-0.25, -0.2) is 0 Å². The van der Waals surface area contributed by atoms with E-state index in [9.17, 15) is 0 Å². The molecule has 1 heterocycles. The summed E-state index contributed by atoms with van der Waals surface area (Å²) in [6.07, 6.45) is 4.81. The molecule has 0 aliphatic heterocycles. The molecule has 0 aromatic carbocycles. The van der Waals surface area contributed by atoms with Crippen LogP contribution in [0.5, 0.6) is 0 Å². The fourth-order valence-corrected chi connectivity index (χ4v) is 2.03. The van der Waals surface area contributed by atoms with E-state index in [4.69, 9.17) is 10.3 Å². The van der Waals surface area contributed by atoms with E-state index in [1.54, 1.807) is 0 Å². The Bertz CT molecular complexity index is 313. The van der Waals surface area contributed by atoms with Crippen molar-refractivity contribution in [1.82, 2.24) is 10.1 Å². The molecule has 1 aliphatic rings. The monoisotopic (exact) mass is 195 g/mol. The van der Waals surface area contributed by atoms with E-state index in [1.807, 2.05) is 6.92 Å². The quantitative estimate of drug-likeness (QED) is 0.783. The molecule has 14 heavy (non-hydrogen) atoms. The van der Waals surface area contributed by atoms with E-state index in [0.29, 0.717) is 5.82 Å². The van der Waals surface area contributed by atoms with Crippen LogP contribution in [-0.4, -0.2) is 10.1 Å². The summed E-state index contributed by atoms with van der Waals surface area (Å²) in [6, 6.07) is -0.141. The summed E-state index contributed by atoms with van der Waals surface area (Å²) in [7, 11) is 0. The Balaban J connectivity index is 2.23. The van der Waals surface area contributed by atoms with Crippen molar-refractivity contribution in [2.75, 3.05) is 0 Å². The van der Waals surface area contributed by atoms with Gasteiger partial charge in [0.2, 0.25) is 5.89 Å². The fraction of sp³-hybridized carbons (Fsp3) is 0.800. The van der Waals surface area contributed by atoms with Gasteiger partial charge in [-0.1, -0.05) is 24.9 Å². The lowest BCUT2D eigenvalue weighted by Crippen LogP contribution is -2.17. The molecule has 0 spiro atoms. The fourth-order valence-electron chi connectivity index (χ4n) is 2.03. The predicted molar refractivity (Wildman–Crippen MR) is 52.7 cm³/mol. The molecular formula is C10H17N3O. The zero-order valence-electron chi connectivity index (χ0n) is 8.79. The van der Waals surface area contributed by atoms with Gasteiger partial charge in [-0.2, -0.15) is 4.98 Å². The van der Waals surface area contributed by atoms with E-state index in [-0.39, 0.29) is 11.5 Å². The highest BCUT2D eigenvalue weighted by atomic mass is 16.5. The van der Waals surface area contributed by atoms with Crippen LogP contribution >= 0.6 is 0 Å². The van der Waals surface area contributed by atoms with Crippen molar-refractivity contribution in [2.45, 2.75) is 51.0 Å². The molecule has 1 fully saturated rings. The molecule has 1 aromatic heterocycles. The Morgan fingerprint density at radius 1 is 1.43 bits per heavy atom. The summed E-state index contributed by atoms with van der Waals surface area (Å²) >= 11 is 0. The highest BCUT2D eigenvalue weighted by molar-refractivity contribution is 5.06. The number of nitrogens with zero attached hydrogens (tertiary/aromatic N) is 2. The smallest absolute Gasteiger partial charge is 0.232 e. The second-order valence-corrected chi connectivity index (χ2v) is 4.51. The highest BCUT2D eigenvalue weighted by Crippen LogP contribution is 2.39. The number of rotatable bonds is 2. The van der Waals surface area contributed by atoms with Gasteiger partial charge in [-0.05, 0) is 19.8 Å². The summed E-state index contributed by atoms with van der Waals surface area (Å²) in [5.74, 6) is 1.38. The molecule has 1 unspecified atom stereocenters. The number of hydrogen-bond acceptors (Lipinski definition) is 4. The van der Waals surface area contributed by atoms with E-state index in [1.165, 1.54) is 12.8 Å². The summed E-state index contributed by atoms with van der Waals surface area (Å²) in [5.41, 5.74) is 5.78. The first-order chi connectivity index (χ1) is 6.62. The third kappa shape index (κ3) is 1.54. The van der Waals surface area contributed by atoms with Gasteiger partial charge in [0, 0.05) is 5.41 Å². The maximum atomic E-state index is 5.68. The van der Waals surface area contributed by atoms with Gasteiger partial charge >= 0.3 is 0 Å². The van der Waals surface area contributed by atoms with Crippen LogP contribution in [0.4, 0.5) is 0 Å². The van der Waals surface area contributed by atoms with Crippen molar-refractivity contribution >= 4 is 0 Å². The number of nitrogens with two attached hydrogens (primary N) is 1. The molecular weight excluding hydrogens is 178 g/mol. The second-order valence-electron chi connectivity index (χ2n) is 4.51. The van der Waals surface area contributed by atoms with Crippen LogP contribution in [0.15, 0.2) is 4.52 Å². The molecule has 78 valence electrons. The maximum absolute atomic E-state index is 5.68. The largest absolute Gasteiger partial charge is 0.339 e. The zero-order valence-corrected chi connectivity index (χ0v) is 8.79. The van der Waals surface area contributed by atoms with Crippen molar-refractivity contribution in [2.24, 2.45) is 5.73 Å². The first-order valence-electron chi connectivity index (χ1n) is 5.21. The Kier molecular flexibility index (Phi) is 2.31. The molecule has 2 N–H and O–H groups in total. The second kappa shape index (κ2) is 3.35. The van der Waals surface area contributed by atoms with E-state index >= 15 is 0 Å². The average Bonchev–Trinajstić information content (AvgIpc) is 2.71. The molecule has 0 bridgehead atoms. The van der Waals surface area contributed by atoms with Gasteiger partial charge in [0.05, 0.1) is 6.04 Å². The van der Waals surface area contributed by atoms with Gasteiger partial charge in [-0.15, -0.1) is 0 Å². The minimum Gasteiger partial charge on any atom is -0.339 e. The van der Waals surface area contributed by atoms with E-state index in [2.05, 4.69) is 17.1 Å². The molecule has 2 rings (SSSR count). The summed E-state index contributed by atoms with van der Waals surface area (Å²) < 4.78 is 5.27. The van der Waals surface area contributed by atoms with Crippen molar-refractivity contribution in [3.63, 3.8) is 0 Å². The lowest BCUT2D eigenvalue weighted by Gasteiger charge is -2.16. The van der Waals surface area contributed by atoms with Crippen LogP contribution in [0.3, 0.4) is 0 Å². The van der Waals surface area contributed by atoms with Crippen LogP contribution in [0, 0.1) is 0 Å². The maximum Gasteiger partial charge on any atom is 0.232 e. The molecule has 0 saturated heterocycles. The molecule has 4 nitrogen and oxygen atoms in total. The Labute approximate surface area is 83.9 Å². The Hall–Kier alpha value is -0.900. The molecule has 1 aromatic rings. The number of hydrogen-bond donors (Lipinski definition) is 1. The van der Waals surface area contributed by atoms with Crippen LogP contribution in [-0.2, 0) is 5.41 Å². The Morgan fingerprint density at radius 2 is 2.07 bits per heavy atom. The summed E-state index contributed by atoms with van der Waals surface area (Å²) in [6.45, 7) is 4.06. The minimum atomic E-state index is -0.141. The molecule has 1 saturated carbocycles. The predicted octanol–water partition coefficient (Wildman–Crippen LogP) is 1.92. The molecule has 0 amide bonds. The zero-order chi connectivity index (χ0) is 10.2. The van der Waals surface area contributed by atoms with Gasteiger partial charge in [0.15, 0.2) is 5.82 Å². The third-order valence-corrected chi connectivity index (χ3v) is 3.07. The van der Waals surface area contributed by atoms with Gasteiger partial charge in [0.1, 0.15) is 0 Å². The lowest BCUT2D eigenvalue weighted by molar-refractivity contribution is 0.293. The van der Waals surface area contributed by atoms with Gasteiger partial charge in [0.25, 0.3) is 0 Å². The van der Waals surface area contributed by atoms with Crippen LogP contribution in [0.2, 0.25) is 0 Å². The lowest BCUT2D eigenvalue weighted by atomic mass is 9.89. The van der Waals surface area contributed by atoms with Gasteiger partial charge in [-0.3, -0.25) is 0 Å². The van der Waals surface area contributed by atoms with Gasteiger partial charge < -0.3 is 10.3 Å². The first kappa shape index (κ1) is 9.65. The van der Waals surface area contributed by atoms with Crippen LogP contribution < -0.4 is 5.73 Å². The van der Waals surface area contributed by atoms with Crippen molar-refractivity contribution in [1.29, 1.82) is 0 Å². The molecule has 1 atom stereocenters. The molecule has 0 radical (unpaired) electrons. The SMILES string of the molecule is CC(N)c1noc(C2(C)CCCC2)n1. The van der Waals surface area contributed by atoms with Crippen molar-refractivity contribution in [3.8, 4) is 0 Å². The number of aromatic nitrogens is 2. The molecule has 4 heteroatoms. The summed E-state index contributed by atoms with van der Waals surface area (Å²) in [4.78, 5) is 4.36. The van der Waals surface area contributed by atoms with E-state index in [0.717, 1.165) is 18.7 Å². The van der Waals surface area contributed by atoms with Crippen LogP contribution in [0.1, 0.15) is 57.3 Å². The van der Waals surface area contributed by atoms with Crippen LogP contribution in [0.25, 0.3) is 0 Å². The van der Waals surface area contributed by atoms with Crippen molar-refractivity contribution < 1.29 is 4.52 Å². The van der Waals surface area contributed by atoms with E-state index < -0.39 is 0 Å². The standard InChI is InChI=1S/C10H17N3O/c1-7(11)8-12-9(14-13-8)10(2)5-3-4-6-10/h7H,3-6,11H2,1-2H3.